The number of carbonyl (C=O) groups is 1. The first-order chi connectivity index (χ1) is 12.6. The molecule has 1 fully saturated rings. The van der Waals surface area contributed by atoms with Crippen molar-refractivity contribution in [1.82, 2.24) is 4.90 Å². The van der Waals surface area contributed by atoms with Crippen LogP contribution < -0.4 is 0 Å². The van der Waals surface area contributed by atoms with Gasteiger partial charge in [-0.2, -0.15) is 0 Å². The average molecular weight is 383 g/mol. The van der Waals surface area contributed by atoms with Gasteiger partial charge in [0.05, 0.1) is 19.3 Å². The fourth-order valence-electron chi connectivity index (χ4n) is 3.59. The van der Waals surface area contributed by atoms with Crippen molar-refractivity contribution in [2.45, 2.75) is 59.8 Å². The van der Waals surface area contributed by atoms with Crippen LogP contribution in [0.15, 0.2) is 16.6 Å². The quantitative estimate of drug-likeness (QED) is 0.732. The Hall–Kier alpha value is -1.44. The number of aliphatic hydroxyl groups is 1. The molecule has 2 heterocycles. The third kappa shape index (κ3) is 4.70. The van der Waals surface area contributed by atoms with Crippen molar-refractivity contribution >= 4 is 11.8 Å². The third-order valence-electron chi connectivity index (χ3n) is 5.57. The molecular formula is C20H34N2O5. The maximum absolute atomic E-state index is 12.4. The number of carboxylic acids is 1. The van der Waals surface area contributed by atoms with Crippen LogP contribution in [0.5, 0.6) is 0 Å². The molecule has 0 bridgehead atoms. The van der Waals surface area contributed by atoms with Crippen molar-refractivity contribution < 1.29 is 24.5 Å². The van der Waals surface area contributed by atoms with Gasteiger partial charge in [-0.1, -0.05) is 20.8 Å². The molecule has 0 aromatic rings. The summed E-state index contributed by atoms with van der Waals surface area (Å²) < 4.78 is 11.2. The predicted molar refractivity (Wildman–Crippen MR) is 104 cm³/mol. The molecule has 0 aliphatic carbocycles. The molecule has 2 N–H and O–H groups in total. The Bertz CT molecular complexity index is 590. The highest BCUT2D eigenvalue weighted by Crippen LogP contribution is 2.43. The van der Waals surface area contributed by atoms with Crippen molar-refractivity contribution in [3.05, 3.63) is 11.6 Å². The van der Waals surface area contributed by atoms with E-state index in [1.165, 1.54) is 0 Å². The van der Waals surface area contributed by atoms with Gasteiger partial charge in [-0.15, -0.1) is 0 Å². The number of aliphatic imine (C=N–C) groups is 1. The third-order valence-corrected chi connectivity index (χ3v) is 5.57. The van der Waals surface area contributed by atoms with Crippen LogP contribution in [0.2, 0.25) is 0 Å². The number of nitrogens with zero attached hydrogens (tertiary/aromatic N) is 2. The lowest BCUT2D eigenvalue weighted by molar-refractivity contribution is -0.157. The lowest BCUT2D eigenvalue weighted by Gasteiger charge is -2.41. The van der Waals surface area contributed by atoms with Crippen molar-refractivity contribution in [2.75, 3.05) is 32.9 Å². The van der Waals surface area contributed by atoms with Crippen LogP contribution in [0.3, 0.4) is 0 Å². The average Bonchev–Trinajstić information content (AvgIpc) is 2.60. The molecule has 1 saturated heterocycles. The van der Waals surface area contributed by atoms with Crippen LogP contribution in [0.4, 0.5) is 0 Å². The molecule has 0 spiro atoms. The maximum atomic E-state index is 12.4. The number of hydrogen-bond acceptors (Lipinski definition) is 6. The van der Waals surface area contributed by atoms with Crippen molar-refractivity contribution in [3.8, 4) is 0 Å². The largest absolute Gasteiger partial charge is 0.480 e. The normalized spacial score (nSPS) is 27.8. The Labute approximate surface area is 162 Å². The summed E-state index contributed by atoms with van der Waals surface area (Å²) in [6.07, 6.45) is 1.09. The minimum absolute atomic E-state index is 0.271. The highest BCUT2D eigenvalue weighted by Gasteiger charge is 2.51. The van der Waals surface area contributed by atoms with Crippen LogP contribution in [-0.4, -0.2) is 72.2 Å². The summed E-state index contributed by atoms with van der Waals surface area (Å²) in [7, 11) is 0. The SMILES string of the molecule is CCOC1N=C(N2CCOCC2)C=C(C)C1(CCC(O)C(C)(C)C)C(=O)O. The molecular weight excluding hydrogens is 348 g/mol. The van der Waals surface area contributed by atoms with Crippen LogP contribution in [-0.2, 0) is 14.3 Å². The number of carboxylic acid groups (broad SMARTS) is 1. The number of rotatable bonds is 6. The van der Waals surface area contributed by atoms with E-state index in [-0.39, 0.29) is 11.8 Å². The van der Waals surface area contributed by atoms with E-state index in [0.717, 1.165) is 18.9 Å². The molecule has 2 aliphatic rings. The number of amidine groups is 1. The molecule has 2 rings (SSSR count). The topological polar surface area (TPSA) is 91.6 Å². The van der Waals surface area contributed by atoms with Gasteiger partial charge in [-0.05, 0) is 43.8 Å². The second-order valence-electron chi connectivity index (χ2n) is 8.42. The molecule has 0 radical (unpaired) electrons. The monoisotopic (exact) mass is 382 g/mol. The fourth-order valence-corrected chi connectivity index (χ4v) is 3.59. The number of morpholine rings is 1. The van der Waals surface area contributed by atoms with E-state index in [4.69, 9.17) is 9.47 Å². The van der Waals surface area contributed by atoms with Gasteiger partial charge >= 0.3 is 5.97 Å². The first-order valence-corrected chi connectivity index (χ1v) is 9.75. The van der Waals surface area contributed by atoms with E-state index >= 15 is 0 Å². The van der Waals surface area contributed by atoms with Gasteiger partial charge in [0.1, 0.15) is 11.3 Å². The van der Waals surface area contributed by atoms with Crippen molar-refractivity contribution in [3.63, 3.8) is 0 Å². The Balaban J connectivity index is 2.33. The standard InChI is InChI=1S/C20H34N2O5/c1-6-27-17-20(18(24)25,8-7-15(23)19(3,4)5)14(2)13-16(21-17)22-9-11-26-12-10-22/h13,15,17,23H,6-12H2,1-5H3,(H,24,25). The summed E-state index contributed by atoms with van der Waals surface area (Å²) in [5.74, 6) is -0.205. The number of aliphatic carboxylic acids is 1. The van der Waals surface area contributed by atoms with E-state index in [0.29, 0.717) is 31.8 Å². The van der Waals surface area contributed by atoms with Crippen molar-refractivity contribution in [2.24, 2.45) is 15.8 Å². The van der Waals surface area contributed by atoms with Crippen molar-refractivity contribution in [1.29, 1.82) is 0 Å². The van der Waals surface area contributed by atoms with Crippen LogP contribution in [0.1, 0.15) is 47.5 Å². The minimum atomic E-state index is -1.27. The van der Waals surface area contributed by atoms with Gasteiger partial charge in [-0.3, -0.25) is 4.79 Å². The molecule has 0 saturated carbocycles. The van der Waals surface area contributed by atoms with Crippen LogP contribution in [0, 0.1) is 10.8 Å². The summed E-state index contributed by atoms with van der Waals surface area (Å²) in [5.41, 5.74) is -0.862. The Morgan fingerprint density at radius 3 is 2.59 bits per heavy atom. The minimum Gasteiger partial charge on any atom is -0.480 e. The first-order valence-electron chi connectivity index (χ1n) is 9.75. The molecule has 0 amide bonds. The summed E-state index contributed by atoms with van der Waals surface area (Å²) >= 11 is 0. The summed E-state index contributed by atoms with van der Waals surface area (Å²) in [4.78, 5) is 19.2. The molecule has 0 aromatic carbocycles. The second-order valence-corrected chi connectivity index (χ2v) is 8.42. The zero-order valence-corrected chi connectivity index (χ0v) is 17.2. The van der Waals surface area contributed by atoms with Gasteiger partial charge < -0.3 is 24.6 Å². The smallest absolute Gasteiger partial charge is 0.318 e. The van der Waals surface area contributed by atoms with E-state index in [9.17, 15) is 15.0 Å². The molecule has 3 atom stereocenters. The van der Waals surface area contributed by atoms with Crippen LogP contribution in [0.25, 0.3) is 0 Å². The molecule has 7 nitrogen and oxygen atoms in total. The highest BCUT2D eigenvalue weighted by atomic mass is 16.5. The number of aliphatic hydroxyl groups excluding tert-OH is 1. The lowest BCUT2D eigenvalue weighted by atomic mass is 9.71. The Morgan fingerprint density at radius 2 is 2.07 bits per heavy atom. The molecule has 3 unspecified atom stereocenters. The van der Waals surface area contributed by atoms with Crippen LogP contribution >= 0.6 is 0 Å². The van der Waals surface area contributed by atoms with Gasteiger partial charge in [0.25, 0.3) is 0 Å². The molecule has 27 heavy (non-hydrogen) atoms. The predicted octanol–water partition coefficient (Wildman–Crippen LogP) is 2.30. The van der Waals surface area contributed by atoms with Gasteiger partial charge in [0, 0.05) is 19.7 Å². The Kier molecular flexibility index (Phi) is 7.05. The summed E-state index contributed by atoms with van der Waals surface area (Å²) in [5, 5.41) is 20.6. The highest BCUT2D eigenvalue weighted by molar-refractivity contribution is 5.97. The zero-order valence-electron chi connectivity index (χ0n) is 17.2. The van der Waals surface area contributed by atoms with E-state index in [2.05, 4.69) is 9.89 Å². The lowest BCUT2D eigenvalue weighted by Crippen LogP contribution is -2.50. The summed E-state index contributed by atoms with van der Waals surface area (Å²) in [6, 6.07) is 0. The number of dihydropyridines is 1. The van der Waals surface area contributed by atoms with Gasteiger partial charge in [0.2, 0.25) is 0 Å². The second kappa shape index (κ2) is 8.71. The zero-order chi connectivity index (χ0) is 20.2. The molecule has 2 aliphatic heterocycles. The summed E-state index contributed by atoms with van der Waals surface area (Å²) in [6.45, 7) is 12.6. The van der Waals surface area contributed by atoms with E-state index in [1.54, 1.807) is 0 Å². The maximum Gasteiger partial charge on any atom is 0.318 e. The fraction of sp³-hybridized carbons (Fsp3) is 0.800. The van der Waals surface area contributed by atoms with Gasteiger partial charge in [0.15, 0.2) is 6.23 Å². The Morgan fingerprint density at radius 1 is 1.44 bits per heavy atom. The molecule has 7 heteroatoms. The van der Waals surface area contributed by atoms with Gasteiger partial charge in [-0.25, -0.2) is 4.99 Å². The number of hydrogen-bond donors (Lipinski definition) is 2. The number of ether oxygens (including phenoxy) is 2. The van der Waals surface area contributed by atoms with E-state index < -0.39 is 23.7 Å². The molecule has 154 valence electrons. The molecule has 0 aromatic heterocycles. The van der Waals surface area contributed by atoms with E-state index in [1.807, 2.05) is 40.7 Å². The first kappa shape index (κ1) is 21.9.